The van der Waals surface area contributed by atoms with Gasteiger partial charge in [-0.15, -0.1) is 0 Å². The molecule has 1 N–H and O–H groups in total. The molecule has 5 nitrogen and oxygen atoms in total. The maximum Gasteiger partial charge on any atom is 0.339 e. The minimum Gasteiger partial charge on any atom is -0.449 e. The predicted molar refractivity (Wildman–Crippen MR) is 83.2 cm³/mol. The first kappa shape index (κ1) is 16.5. The summed E-state index contributed by atoms with van der Waals surface area (Å²) < 4.78 is 5.22. The van der Waals surface area contributed by atoms with Gasteiger partial charge < -0.3 is 10.1 Å². The number of ether oxygens (including phenoxy) is 1. The van der Waals surface area contributed by atoms with Gasteiger partial charge in [-0.25, -0.2) is 4.79 Å². The minimum atomic E-state index is -0.801. The van der Waals surface area contributed by atoms with Crippen LogP contribution in [0.25, 0.3) is 0 Å². The van der Waals surface area contributed by atoms with Gasteiger partial charge in [0, 0.05) is 18.4 Å². The van der Waals surface area contributed by atoms with Crippen molar-refractivity contribution in [2.45, 2.75) is 52.2 Å². The Bertz CT molecular complexity index is 518. The second kappa shape index (κ2) is 7.38. The number of hydrogen-bond donors (Lipinski definition) is 1. The Kier molecular flexibility index (Phi) is 5.52. The maximum atomic E-state index is 12.2. The van der Waals surface area contributed by atoms with Crippen LogP contribution in [0.5, 0.6) is 0 Å². The number of esters is 1. The van der Waals surface area contributed by atoms with Gasteiger partial charge in [0.1, 0.15) is 0 Å². The highest BCUT2D eigenvalue weighted by Crippen LogP contribution is 2.29. The van der Waals surface area contributed by atoms with Crippen LogP contribution in [0.2, 0.25) is 0 Å². The fraction of sp³-hybridized carbons (Fsp3) is 0.588. The van der Waals surface area contributed by atoms with Crippen molar-refractivity contribution in [1.29, 1.82) is 0 Å². The third-order valence-electron chi connectivity index (χ3n) is 4.60. The Hall–Kier alpha value is -1.91. The molecular formula is C17H24N2O3. The molecule has 0 aromatic carbocycles. The van der Waals surface area contributed by atoms with Crippen LogP contribution in [0.1, 0.15) is 50.4 Å². The van der Waals surface area contributed by atoms with E-state index in [0.717, 1.165) is 12.8 Å². The number of aromatic nitrogens is 1. The molecule has 120 valence electrons. The largest absolute Gasteiger partial charge is 0.449 e. The van der Waals surface area contributed by atoms with Crippen molar-refractivity contribution in [3.05, 3.63) is 30.1 Å². The molecular weight excluding hydrogens is 280 g/mol. The lowest BCUT2D eigenvalue weighted by molar-refractivity contribution is -0.130. The summed E-state index contributed by atoms with van der Waals surface area (Å²) in [6.45, 7) is 5.99. The average Bonchev–Trinajstić information content (AvgIpc) is 2.52. The second-order valence-corrected chi connectivity index (χ2v) is 6.17. The molecule has 1 aromatic heterocycles. The molecule has 1 fully saturated rings. The highest BCUT2D eigenvalue weighted by atomic mass is 16.5. The average molecular weight is 304 g/mol. The summed E-state index contributed by atoms with van der Waals surface area (Å²) in [6, 6.07) is 3.30. The van der Waals surface area contributed by atoms with Crippen LogP contribution >= 0.6 is 0 Å². The second-order valence-electron chi connectivity index (χ2n) is 6.17. The van der Waals surface area contributed by atoms with Crippen molar-refractivity contribution in [1.82, 2.24) is 10.3 Å². The van der Waals surface area contributed by atoms with Crippen LogP contribution in [0.3, 0.4) is 0 Å². The summed E-state index contributed by atoms with van der Waals surface area (Å²) in [5.41, 5.74) is 0.398. The summed E-state index contributed by atoms with van der Waals surface area (Å²) in [5, 5.41) is 3.03. The lowest BCUT2D eigenvalue weighted by Gasteiger charge is -2.35. The lowest BCUT2D eigenvalue weighted by atomic mass is 9.78. The number of rotatable bonds is 4. The number of hydrogen-bond acceptors (Lipinski definition) is 4. The molecule has 1 aromatic rings. The van der Waals surface area contributed by atoms with Crippen LogP contribution in [0.4, 0.5) is 0 Å². The summed E-state index contributed by atoms with van der Waals surface area (Å²) in [4.78, 5) is 28.0. The smallest absolute Gasteiger partial charge is 0.339 e. The van der Waals surface area contributed by atoms with E-state index >= 15 is 0 Å². The first-order valence-electron chi connectivity index (χ1n) is 7.90. The maximum absolute atomic E-state index is 12.2. The molecule has 1 heterocycles. The number of amides is 1. The van der Waals surface area contributed by atoms with E-state index in [1.165, 1.54) is 18.8 Å². The Labute approximate surface area is 131 Å². The van der Waals surface area contributed by atoms with Gasteiger partial charge in [-0.05, 0) is 37.3 Å². The van der Waals surface area contributed by atoms with Crippen LogP contribution in [0.15, 0.2) is 24.5 Å². The van der Waals surface area contributed by atoms with Crippen molar-refractivity contribution in [2.75, 3.05) is 0 Å². The third kappa shape index (κ3) is 4.06. The fourth-order valence-corrected chi connectivity index (χ4v) is 2.86. The van der Waals surface area contributed by atoms with Crippen molar-refractivity contribution in [3.8, 4) is 0 Å². The molecule has 0 aliphatic heterocycles. The third-order valence-corrected chi connectivity index (χ3v) is 4.60. The molecule has 0 saturated heterocycles. The quantitative estimate of drug-likeness (QED) is 0.868. The Balaban J connectivity index is 1.88. The molecule has 1 saturated carbocycles. The topological polar surface area (TPSA) is 68.3 Å². The molecule has 22 heavy (non-hydrogen) atoms. The lowest BCUT2D eigenvalue weighted by Crippen LogP contribution is -2.47. The van der Waals surface area contributed by atoms with E-state index in [4.69, 9.17) is 4.74 Å². The Morgan fingerprint density at radius 3 is 2.64 bits per heavy atom. The van der Waals surface area contributed by atoms with Crippen LogP contribution in [-0.2, 0) is 9.53 Å². The Morgan fingerprint density at radius 2 is 1.95 bits per heavy atom. The SMILES string of the molecule is C[C@H]1[C@@H](NC(=O)[C@@H](C)OC(=O)c2ccncc2)CCC[C@@H]1C. The van der Waals surface area contributed by atoms with Crippen LogP contribution in [0, 0.1) is 11.8 Å². The predicted octanol–water partition coefficient (Wildman–Crippen LogP) is 2.57. The van der Waals surface area contributed by atoms with Gasteiger partial charge in [0.15, 0.2) is 6.10 Å². The van der Waals surface area contributed by atoms with Crippen molar-refractivity contribution >= 4 is 11.9 Å². The van der Waals surface area contributed by atoms with Crippen molar-refractivity contribution in [2.24, 2.45) is 11.8 Å². The fourth-order valence-electron chi connectivity index (χ4n) is 2.86. The molecule has 0 spiro atoms. The molecule has 0 unspecified atom stereocenters. The number of nitrogens with zero attached hydrogens (tertiary/aromatic N) is 1. The van der Waals surface area contributed by atoms with Gasteiger partial charge in [0.2, 0.25) is 0 Å². The zero-order valence-corrected chi connectivity index (χ0v) is 13.4. The molecule has 1 aliphatic rings. The standard InChI is InChI=1S/C17H24N2O3/c1-11-5-4-6-15(12(11)2)19-16(20)13(3)22-17(21)14-7-9-18-10-8-14/h7-13,15H,4-6H2,1-3H3,(H,19,20)/t11-,12+,13+,15-/m0/s1. The number of nitrogens with one attached hydrogen (secondary N) is 1. The van der Waals surface area contributed by atoms with E-state index in [0.29, 0.717) is 17.4 Å². The number of carbonyl (C=O) groups is 2. The van der Waals surface area contributed by atoms with Crippen molar-refractivity contribution in [3.63, 3.8) is 0 Å². The van der Waals surface area contributed by atoms with Gasteiger partial charge in [0.05, 0.1) is 5.56 Å². The zero-order valence-electron chi connectivity index (χ0n) is 13.4. The minimum absolute atomic E-state index is 0.165. The number of carbonyl (C=O) groups excluding carboxylic acids is 2. The normalized spacial score (nSPS) is 26.0. The Morgan fingerprint density at radius 1 is 1.27 bits per heavy atom. The summed E-state index contributed by atoms with van der Waals surface area (Å²) in [5.74, 6) is 0.318. The molecule has 5 heteroatoms. The van der Waals surface area contributed by atoms with Crippen molar-refractivity contribution < 1.29 is 14.3 Å². The van der Waals surface area contributed by atoms with Gasteiger partial charge in [0.25, 0.3) is 5.91 Å². The molecule has 2 rings (SSSR count). The molecule has 0 radical (unpaired) electrons. The van der Waals surface area contributed by atoms with E-state index in [9.17, 15) is 9.59 Å². The van der Waals surface area contributed by atoms with Gasteiger partial charge >= 0.3 is 5.97 Å². The van der Waals surface area contributed by atoms with Crippen LogP contribution in [-0.4, -0.2) is 29.0 Å². The van der Waals surface area contributed by atoms with Gasteiger partial charge in [-0.2, -0.15) is 0 Å². The number of pyridine rings is 1. The van der Waals surface area contributed by atoms with E-state index in [-0.39, 0.29) is 11.9 Å². The first-order chi connectivity index (χ1) is 10.5. The monoisotopic (exact) mass is 304 g/mol. The highest BCUT2D eigenvalue weighted by Gasteiger charge is 2.30. The first-order valence-corrected chi connectivity index (χ1v) is 7.90. The van der Waals surface area contributed by atoms with Crippen LogP contribution < -0.4 is 5.32 Å². The van der Waals surface area contributed by atoms with E-state index in [1.54, 1.807) is 19.1 Å². The summed E-state index contributed by atoms with van der Waals surface area (Å²) >= 11 is 0. The van der Waals surface area contributed by atoms with E-state index in [2.05, 4.69) is 24.1 Å². The molecule has 0 bridgehead atoms. The van der Waals surface area contributed by atoms with E-state index in [1.807, 2.05) is 0 Å². The van der Waals surface area contributed by atoms with E-state index < -0.39 is 12.1 Å². The summed E-state index contributed by atoms with van der Waals surface area (Å²) in [7, 11) is 0. The highest BCUT2D eigenvalue weighted by molar-refractivity contribution is 5.92. The van der Waals surface area contributed by atoms with Gasteiger partial charge in [-0.3, -0.25) is 9.78 Å². The molecule has 1 amide bonds. The molecule has 4 atom stereocenters. The molecule has 1 aliphatic carbocycles. The summed E-state index contributed by atoms with van der Waals surface area (Å²) in [6.07, 6.45) is 5.56. The van der Waals surface area contributed by atoms with Gasteiger partial charge in [-0.1, -0.05) is 26.7 Å². The zero-order chi connectivity index (χ0) is 16.1.